The number of nitriles is 1. The minimum atomic E-state index is -0.316. The van der Waals surface area contributed by atoms with E-state index in [9.17, 15) is 5.26 Å². The second kappa shape index (κ2) is 5.54. The van der Waals surface area contributed by atoms with Gasteiger partial charge in [0.2, 0.25) is 0 Å². The third-order valence-corrected chi connectivity index (χ3v) is 5.15. The molecule has 0 unspecified atom stereocenters. The van der Waals surface area contributed by atoms with E-state index in [0.717, 1.165) is 28.6 Å². The molecule has 106 valence electrons. The SMILES string of the molecule is Cc1cc(NC2CC(C#N)(c3ccccc3)C2)ccc1Br. The molecule has 0 aliphatic heterocycles. The minimum absolute atomic E-state index is 0.316. The van der Waals surface area contributed by atoms with Gasteiger partial charge in [-0.3, -0.25) is 0 Å². The zero-order valence-corrected chi connectivity index (χ0v) is 13.5. The number of hydrogen-bond donors (Lipinski definition) is 1. The topological polar surface area (TPSA) is 35.8 Å². The quantitative estimate of drug-likeness (QED) is 0.871. The number of benzene rings is 2. The first-order valence-electron chi connectivity index (χ1n) is 7.12. The first-order valence-corrected chi connectivity index (χ1v) is 7.92. The van der Waals surface area contributed by atoms with Crippen molar-refractivity contribution in [2.24, 2.45) is 0 Å². The monoisotopic (exact) mass is 340 g/mol. The minimum Gasteiger partial charge on any atom is -0.382 e. The van der Waals surface area contributed by atoms with Crippen molar-refractivity contribution in [3.63, 3.8) is 0 Å². The number of hydrogen-bond acceptors (Lipinski definition) is 2. The first kappa shape index (κ1) is 14.2. The molecule has 1 fully saturated rings. The summed E-state index contributed by atoms with van der Waals surface area (Å²) in [6.07, 6.45) is 1.73. The molecule has 0 bridgehead atoms. The summed E-state index contributed by atoms with van der Waals surface area (Å²) >= 11 is 3.52. The van der Waals surface area contributed by atoms with E-state index in [1.165, 1.54) is 5.56 Å². The molecule has 0 radical (unpaired) electrons. The molecule has 2 aromatic rings. The third kappa shape index (κ3) is 2.69. The van der Waals surface area contributed by atoms with Crippen LogP contribution in [0.3, 0.4) is 0 Å². The average Bonchev–Trinajstić information content (AvgIpc) is 2.47. The summed E-state index contributed by atoms with van der Waals surface area (Å²) in [5.74, 6) is 0. The van der Waals surface area contributed by atoms with Gasteiger partial charge in [0, 0.05) is 16.2 Å². The van der Waals surface area contributed by atoms with Crippen LogP contribution in [0.2, 0.25) is 0 Å². The molecule has 3 heteroatoms. The van der Waals surface area contributed by atoms with E-state index < -0.39 is 0 Å². The van der Waals surface area contributed by atoms with E-state index >= 15 is 0 Å². The van der Waals surface area contributed by atoms with Crippen LogP contribution in [0.25, 0.3) is 0 Å². The van der Waals surface area contributed by atoms with E-state index in [1.807, 2.05) is 18.2 Å². The Morgan fingerprint density at radius 1 is 1.19 bits per heavy atom. The zero-order valence-electron chi connectivity index (χ0n) is 11.9. The fourth-order valence-electron chi connectivity index (χ4n) is 3.00. The molecule has 0 aromatic heterocycles. The maximum atomic E-state index is 9.57. The Morgan fingerprint density at radius 2 is 1.90 bits per heavy atom. The summed E-state index contributed by atoms with van der Waals surface area (Å²) in [4.78, 5) is 0. The van der Waals surface area contributed by atoms with Crippen molar-refractivity contribution < 1.29 is 0 Å². The highest BCUT2D eigenvalue weighted by atomic mass is 79.9. The summed E-state index contributed by atoms with van der Waals surface area (Å²) in [5, 5.41) is 13.1. The molecular formula is C18H17BrN2. The van der Waals surface area contributed by atoms with Crippen LogP contribution in [0, 0.1) is 18.3 Å². The lowest BCUT2D eigenvalue weighted by Crippen LogP contribution is -2.47. The Bertz CT molecular complexity index is 682. The predicted molar refractivity (Wildman–Crippen MR) is 89.3 cm³/mol. The molecule has 0 atom stereocenters. The van der Waals surface area contributed by atoms with Crippen LogP contribution in [-0.4, -0.2) is 6.04 Å². The largest absolute Gasteiger partial charge is 0.382 e. The summed E-state index contributed by atoms with van der Waals surface area (Å²) in [6, 6.07) is 19.3. The van der Waals surface area contributed by atoms with E-state index in [4.69, 9.17) is 0 Å². The molecule has 1 N–H and O–H groups in total. The smallest absolute Gasteiger partial charge is 0.0861 e. The standard InChI is InChI=1S/C18H17BrN2/c1-13-9-15(7-8-17(13)19)21-16-10-18(11-16,12-20)14-5-3-2-4-6-14/h2-9,16,21H,10-11H2,1H3. The Labute approximate surface area is 133 Å². The fraction of sp³-hybridized carbons (Fsp3) is 0.278. The third-order valence-electron chi connectivity index (χ3n) is 4.26. The predicted octanol–water partition coefficient (Wildman–Crippen LogP) is 4.79. The van der Waals surface area contributed by atoms with Crippen LogP contribution >= 0.6 is 15.9 Å². The number of halogens is 1. The number of nitrogens with one attached hydrogen (secondary N) is 1. The highest BCUT2D eigenvalue weighted by molar-refractivity contribution is 9.10. The normalized spacial score (nSPS) is 24.0. The molecule has 2 aromatic carbocycles. The van der Waals surface area contributed by atoms with E-state index in [0.29, 0.717) is 6.04 Å². The van der Waals surface area contributed by atoms with Crippen molar-refractivity contribution in [1.29, 1.82) is 5.26 Å². The summed E-state index contributed by atoms with van der Waals surface area (Å²) < 4.78 is 1.12. The van der Waals surface area contributed by atoms with Crippen LogP contribution in [-0.2, 0) is 5.41 Å². The maximum Gasteiger partial charge on any atom is 0.0861 e. The first-order chi connectivity index (χ1) is 10.1. The van der Waals surface area contributed by atoms with Crippen LogP contribution in [0.15, 0.2) is 53.0 Å². The van der Waals surface area contributed by atoms with Crippen molar-refractivity contribution in [2.75, 3.05) is 5.32 Å². The molecule has 1 aliphatic rings. The lowest BCUT2D eigenvalue weighted by atomic mass is 9.62. The summed E-state index contributed by atoms with van der Waals surface area (Å²) in [5.41, 5.74) is 3.16. The van der Waals surface area contributed by atoms with Gasteiger partial charge in [-0.15, -0.1) is 0 Å². The van der Waals surface area contributed by atoms with Crippen LogP contribution in [0.1, 0.15) is 24.0 Å². The van der Waals surface area contributed by atoms with Crippen molar-refractivity contribution in [1.82, 2.24) is 0 Å². The van der Waals surface area contributed by atoms with Gasteiger partial charge in [-0.25, -0.2) is 0 Å². The van der Waals surface area contributed by atoms with Gasteiger partial charge < -0.3 is 5.32 Å². The highest BCUT2D eigenvalue weighted by Crippen LogP contribution is 2.44. The van der Waals surface area contributed by atoms with Crippen LogP contribution < -0.4 is 5.32 Å². The van der Waals surface area contributed by atoms with Gasteiger partial charge in [0.15, 0.2) is 0 Å². The second-order valence-corrected chi connectivity index (χ2v) is 6.63. The number of anilines is 1. The molecule has 1 saturated carbocycles. The Balaban J connectivity index is 1.70. The molecule has 0 amide bonds. The molecule has 0 saturated heterocycles. The summed E-state index contributed by atoms with van der Waals surface area (Å²) in [6.45, 7) is 2.08. The van der Waals surface area contributed by atoms with Gasteiger partial charge in [-0.05, 0) is 49.1 Å². The maximum absolute atomic E-state index is 9.57. The molecule has 0 heterocycles. The zero-order chi connectivity index (χ0) is 14.9. The average molecular weight is 341 g/mol. The summed E-state index contributed by atoms with van der Waals surface area (Å²) in [7, 11) is 0. The van der Waals surface area contributed by atoms with Crippen molar-refractivity contribution in [2.45, 2.75) is 31.2 Å². The van der Waals surface area contributed by atoms with Gasteiger partial charge in [-0.1, -0.05) is 46.3 Å². The Kier molecular flexibility index (Phi) is 3.73. The molecule has 3 rings (SSSR count). The Morgan fingerprint density at radius 3 is 2.52 bits per heavy atom. The van der Waals surface area contributed by atoms with E-state index in [-0.39, 0.29) is 5.41 Å². The van der Waals surface area contributed by atoms with Crippen molar-refractivity contribution in [3.8, 4) is 6.07 Å². The van der Waals surface area contributed by atoms with Crippen LogP contribution in [0.5, 0.6) is 0 Å². The molecule has 1 aliphatic carbocycles. The van der Waals surface area contributed by atoms with Crippen molar-refractivity contribution in [3.05, 3.63) is 64.1 Å². The van der Waals surface area contributed by atoms with Gasteiger partial charge in [-0.2, -0.15) is 5.26 Å². The van der Waals surface area contributed by atoms with Gasteiger partial charge in [0.05, 0.1) is 11.5 Å². The van der Waals surface area contributed by atoms with E-state index in [1.54, 1.807) is 0 Å². The molecule has 21 heavy (non-hydrogen) atoms. The number of nitrogens with zero attached hydrogens (tertiary/aromatic N) is 1. The van der Waals surface area contributed by atoms with Gasteiger partial charge in [0.25, 0.3) is 0 Å². The second-order valence-electron chi connectivity index (χ2n) is 5.77. The molecular weight excluding hydrogens is 324 g/mol. The number of aryl methyl sites for hydroxylation is 1. The highest BCUT2D eigenvalue weighted by Gasteiger charge is 2.46. The van der Waals surface area contributed by atoms with Gasteiger partial charge >= 0.3 is 0 Å². The molecule has 0 spiro atoms. The van der Waals surface area contributed by atoms with Gasteiger partial charge in [0.1, 0.15) is 0 Å². The lowest BCUT2D eigenvalue weighted by Gasteiger charge is -2.43. The number of rotatable bonds is 3. The van der Waals surface area contributed by atoms with E-state index in [2.05, 4.69) is 64.6 Å². The van der Waals surface area contributed by atoms with Crippen LogP contribution in [0.4, 0.5) is 5.69 Å². The fourth-order valence-corrected chi connectivity index (χ4v) is 3.25. The molecule has 2 nitrogen and oxygen atoms in total. The lowest BCUT2D eigenvalue weighted by molar-refractivity contribution is 0.289. The van der Waals surface area contributed by atoms with Crippen molar-refractivity contribution >= 4 is 21.6 Å². The Hall–Kier alpha value is -1.79.